The third-order valence-corrected chi connectivity index (χ3v) is 2.94. The molecule has 2 aromatic heterocycles. The zero-order valence-electron chi connectivity index (χ0n) is 8.55. The molecule has 0 saturated carbocycles. The van der Waals surface area contributed by atoms with Crippen molar-refractivity contribution < 1.29 is 0 Å². The quantitative estimate of drug-likeness (QED) is 0.861. The van der Waals surface area contributed by atoms with Crippen LogP contribution in [0.25, 0.3) is 0 Å². The van der Waals surface area contributed by atoms with Gasteiger partial charge >= 0.3 is 0 Å². The molecule has 0 aliphatic heterocycles. The molecule has 0 aliphatic rings. The van der Waals surface area contributed by atoms with Crippen LogP contribution in [0.1, 0.15) is 5.56 Å². The number of nitrogens with zero attached hydrogens (tertiary/aromatic N) is 2. The standard InChI is InChI=1S/C11H13N3S/c1-14(7-9-4-5-15-8-9)10-2-3-11(12)13-6-10/h2-6,8H,7H2,1H3,(H2,12,13). The molecule has 2 N–H and O–H groups in total. The van der Waals surface area contributed by atoms with E-state index in [4.69, 9.17) is 5.73 Å². The average Bonchev–Trinajstić information content (AvgIpc) is 2.71. The maximum atomic E-state index is 5.53. The zero-order chi connectivity index (χ0) is 10.7. The minimum atomic E-state index is 0.558. The van der Waals surface area contributed by atoms with Crippen LogP contribution in [0, 0.1) is 0 Å². The van der Waals surface area contributed by atoms with Gasteiger partial charge in [-0.15, -0.1) is 0 Å². The van der Waals surface area contributed by atoms with E-state index in [-0.39, 0.29) is 0 Å². The smallest absolute Gasteiger partial charge is 0.123 e. The van der Waals surface area contributed by atoms with Gasteiger partial charge in [0, 0.05) is 13.6 Å². The molecule has 2 heterocycles. The Morgan fingerprint density at radius 1 is 1.40 bits per heavy atom. The van der Waals surface area contributed by atoms with Gasteiger partial charge in [0.2, 0.25) is 0 Å². The van der Waals surface area contributed by atoms with Crippen molar-refractivity contribution in [2.24, 2.45) is 0 Å². The van der Waals surface area contributed by atoms with Crippen molar-refractivity contribution in [3.8, 4) is 0 Å². The molecule has 4 heteroatoms. The van der Waals surface area contributed by atoms with E-state index in [9.17, 15) is 0 Å². The van der Waals surface area contributed by atoms with Crippen LogP contribution >= 0.6 is 11.3 Å². The van der Waals surface area contributed by atoms with Crippen molar-refractivity contribution in [1.29, 1.82) is 0 Å². The highest BCUT2D eigenvalue weighted by Crippen LogP contribution is 2.16. The monoisotopic (exact) mass is 219 g/mol. The summed E-state index contributed by atoms with van der Waals surface area (Å²) in [6, 6.07) is 5.93. The zero-order valence-corrected chi connectivity index (χ0v) is 9.37. The van der Waals surface area contributed by atoms with Crippen molar-refractivity contribution in [2.75, 3.05) is 17.7 Å². The summed E-state index contributed by atoms with van der Waals surface area (Å²) in [5.41, 5.74) is 7.93. The highest BCUT2D eigenvalue weighted by Gasteiger charge is 2.02. The topological polar surface area (TPSA) is 42.1 Å². The molecule has 0 radical (unpaired) electrons. The van der Waals surface area contributed by atoms with E-state index in [1.165, 1.54) is 5.56 Å². The molecule has 78 valence electrons. The normalized spacial score (nSPS) is 10.2. The Morgan fingerprint density at radius 2 is 2.27 bits per heavy atom. The van der Waals surface area contributed by atoms with Crippen LogP contribution in [0.3, 0.4) is 0 Å². The van der Waals surface area contributed by atoms with Crippen LogP contribution in [0.4, 0.5) is 11.5 Å². The van der Waals surface area contributed by atoms with Gasteiger partial charge in [-0.25, -0.2) is 4.98 Å². The first kappa shape index (κ1) is 9.98. The summed E-state index contributed by atoms with van der Waals surface area (Å²) in [6.45, 7) is 0.898. The average molecular weight is 219 g/mol. The summed E-state index contributed by atoms with van der Waals surface area (Å²) < 4.78 is 0. The number of nitrogens with two attached hydrogens (primary N) is 1. The van der Waals surface area contributed by atoms with Crippen molar-refractivity contribution >= 4 is 22.8 Å². The molecule has 3 nitrogen and oxygen atoms in total. The first-order chi connectivity index (χ1) is 7.25. The Labute approximate surface area is 93.2 Å². The van der Waals surface area contributed by atoms with Crippen LogP contribution in [-0.2, 0) is 6.54 Å². The molecule has 0 fully saturated rings. The largest absolute Gasteiger partial charge is 0.384 e. The summed E-state index contributed by atoms with van der Waals surface area (Å²) in [6.07, 6.45) is 1.79. The number of hydrogen-bond donors (Lipinski definition) is 1. The van der Waals surface area contributed by atoms with Gasteiger partial charge in [0.1, 0.15) is 5.82 Å². The van der Waals surface area contributed by atoms with Gasteiger partial charge in [-0.3, -0.25) is 0 Å². The molecule has 0 aliphatic carbocycles. The number of aromatic nitrogens is 1. The fourth-order valence-corrected chi connectivity index (χ4v) is 2.03. The lowest BCUT2D eigenvalue weighted by Crippen LogP contribution is -2.16. The number of pyridine rings is 1. The van der Waals surface area contributed by atoms with E-state index in [2.05, 4.69) is 26.7 Å². The Balaban J connectivity index is 2.08. The minimum absolute atomic E-state index is 0.558. The molecule has 0 atom stereocenters. The van der Waals surface area contributed by atoms with Gasteiger partial charge in [0.25, 0.3) is 0 Å². The van der Waals surface area contributed by atoms with E-state index in [1.807, 2.05) is 19.2 Å². The highest BCUT2D eigenvalue weighted by molar-refractivity contribution is 7.07. The lowest BCUT2D eigenvalue weighted by molar-refractivity contribution is 0.923. The maximum Gasteiger partial charge on any atom is 0.123 e. The predicted octanol–water partition coefficient (Wildman–Crippen LogP) is 2.36. The molecule has 2 aromatic rings. The first-order valence-corrected chi connectivity index (χ1v) is 5.64. The second-order valence-corrected chi connectivity index (χ2v) is 4.21. The molecule has 2 rings (SSSR count). The van der Waals surface area contributed by atoms with Gasteiger partial charge in [0.15, 0.2) is 0 Å². The van der Waals surface area contributed by atoms with Gasteiger partial charge in [-0.2, -0.15) is 11.3 Å². The van der Waals surface area contributed by atoms with Crippen LogP contribution < -0.4 is 10.6 Å². The Bertz CT molecular complexity index is 408. The van der Waals surface area contributed by atoms with E-state index >= 15 is 0 Å². The predicted molar refractivity (Wildman–Crippen MR) is 65.1 cm³/mol. The molecule has 0 spiro atoms. The molecule has 0 aromatic carbocycles. The van der Waals surface area contributed by atoms with Crippen LogP contribution in [0.15, 0.2) is 35.2 Å². The molecule has 0 bridgehead atoms. The second kappa shape index (κ2) is 4.31. The number of nitrogen functional groups attached to an aromatic ring is 1. The Kier molecular flexibility index (Phi) is 2.87. The molecular formula is C11H13N3S. The summed E-state index contributed by atoms with van der Waals surface area (Å²) in [5, 5.41) is 4.24. The number of thiophene rings is 1. The summed E-state index contributed by atoms with van der Waals surface area (Å²) in [4.78, 5) is 6.22. The van der Waals surface area contributed by atoms with Crippen LogP contribution in [0.5, 0.6) is 0 Å². The molecule has 0 unspecified atom stereocenters. The van der Waals surface area contributed by atoms with E-state index in [0.717, 1.165) is 12.2 Å². The number of rotatable bonds is 3. The lowest BCUT2D eigenvalue weighted by atomic mass is 10.3. The SMILES string of the molecule is CN(Cc1ccsc1)c1ccc(N)nc1. The van der Waals surface area contributed by atoms with E-state index in [0.29, 0.717) is 5.82 Å². The lowest BCUT2D eigenvalue weighted by Gasteiger charge is -2.18. The number of hydrogen-bond acceptors (Lipinski definition) is 4. The highest BCUT2D eigenvalue weighted by atomic mass is 32.1. The number of anilines is 2. The van der Waals surface area contributed by atoms with Crippen LogP contribution in [-0.4, -0.2) is 12.0 Å². The molecular weight excluding hydrogens is 206 g/mol. The third-order valence-electron chi connectivity index (χ3n) is 2.21. The fraction of sp³-hybridized carbons (Fsp3) is 0.182. The Hall–Kier alpha value is -1.55. The van der Waals surface area contributed by atoms with Crippen molar-refractivity contribution in [1.82, 2.24) is 4.98 Å². The summed E-state index contributed by atoms with van der Waals surface area (Å²) >= 11 is 1.72. The van der Waals surface area contributed by atoms with Crippen molar-refractivity contribution in [3.05, 3.63) is 40.7 Å². The molecule has 0 saturated heterocycles. The third kappa shape index (κ3) is 2.47. The Morgan fingerprint density at radius 3 is 2.87 bits per heavy atom. The summed E-state index contributed by atoms with van der Waals surface area (Å²) in [5.74, 6) is 0.558. The van der Waals surface area contributed by atoms with Gasteiger partial charge < -0.3 is 10.6 Å². The van der Waals surface area contributed by atoms with Crippen molar-refractivity contribution in [3.63, 3.8) is 0 Å². The first-order valence-electron chi connectivity index (χ1n) is 4.69. The van der Waals surface area contributed by atoms with Crippen LogP contribution in [0.2, 0.25) is 0 Å². The second-order valence-electron chi connectivity index (χ2n) is 3.43. The molecule has 15 heavy (non-hydrogen) atoms. The van der Waals surface area contributed by atoms with Crippen molar-refractivity contribution in [2.45, 2.75) is 6.54 Å². The summed E-state index contributed by atoms with van der Waals surface area (Å²) in [7, 11) is 2.05. The molecule has 0 amide bonds. The minimum Gasteiger partial charge on any atom is -0.384 e. The van der Waals surface area contributed by atoms with Gasteiger partial charge in [-0.05, 0) is 34.5 Å². The van der Waals surface area contributed by atoms with Gasteiger partial charge in [0.05, 0.1) is 11.9 Å². The fourth-order valence-electron chi connectivity index (χ4n) is 1.37. The maximum absolute atomic E-state index is 5.53. The van der Waals surface area contributed by atoms with Gasteiger partial charge in [-0.1, -0.05) is 0 Å². The van der Waals surface area contributed by atoms with E-state index < -0.39 is 0 Å². The van der Waals surface area contributed by atoms with E-state index in [1.54, 1.807) is 17.5 Å².